The molecule has 0 bridgehead atoms. The van der Waals surface area contributed by atoms with Crippen molar-refractivity contribution in [2.45, 2.75) is 25.6 Å². The molecular formula is C24H22N2O4S. The highest BCUT2D eigenvalue weighted by molar-refractivity contribution is 7.12. The Morgan fingerprint density at radius 1 is 1.13 bits per heavy atom. The third-order valence-electron chi connectivity index (χ3n) is 5.34. The normalized spacial score (nSPS) is 19.1. The number of hydrogen-bond acceptors (Lipinski definition) is 7. The highest BCUT2D eigenvalue weighted by atomic mass is 32.1. The van der Waals surface area contributed by atoms with Crippen LogP contribution in [0, 0.1) is 0 Å². The maximum atomic E-state index is 11.8. The summed E-state index contributed by atoms with van der Waals surface area (Å²) < 4.78 is 17.2. The molecule has 2 atom stereocenters. The van der Waals surface area contributed by atoms with E-state index in [4.69, 9.17) is 19.3 Å². The Labute approximate surface area is 184 Å². The maximum absolute atomic E-state index is 11.8. The fourth-order valence-corrected chi connectivity index (χ4v) is 4.71. The minimum Gasteiger partial charge on any atom is -0.481 e. The lowest BCUT2D eigenvalue weighted by Crippen LogP contribution is -2.34. The van der Waals surface area contributed by atoms with E-state index in [0.29, 0.717) is 12.4 Å². The van der Waals surface area contributed by atoms with Crippen LogP contribution in [-0.2, 0) is 9.53 Å². The monoisotopic (exact) mass is 434 g/mol. The average Bonchev–Trinajstić information content (AvgIpc) is 3.48. The molecule has 0 radical (unpaired) electrons. The molecule has 6 nitrogen and oxygen atoms in total. The van der Waals surface area contributed by atoms with E-state index < -0.39 is 12.2 Å². The first kappa shape index (κ1) is 19.6. The van der Waals surface area contributed by atoms with Crippen molar-refractivity contribution in [3.63, 3.8) is 0 Å². The zero-order chi connectivity index (χ0) is 21.2. The summed E-state index contributed by atoms with van der Waals surface area (Å²) >= 11 is 1.69. The lowest BCUT2D eigenvalue weighted by Gasteiger charge is -2.38. The number of hydrazone groups is 1. The molecule has 5 rings (SSSR count). The predicted molar refractivity (Wildman–Crippen MR) is 118 cm³/mol. The number of para-hydroxylation sites is 2. The number of ether oxygens (including phenoxy) is 3. The molecule has 2 aliphatic rings. The number of esters is 1. The van der Waals surface area contributed by atoms with Gasteiger partial charge in [0.1, 0.15) is 11.5 Å². The van der Waals surface area contributed by atoms with Crippen molar-refractivity contribution in [3.05, 3.63) is 82.0 Å². The van der Waals surface area contributed by atoms with Gasteiger partial charge in [-0.15, -0.1) is 11.3 Å². The largest absolute Gasteiger partial charge is 0.481 e. The first-order valence-corrected chi connectivity index (χ1v) is 11.1. The van der Waals surface area contributed by atoms with Crippen LogP contribution < -0.4 is 9.47 Å². The molecule has 0 amide bonds. The minimum absolute atomic E-state index is 0.0742. The number of carbonyl (C=O) groups excluding carboxylic acids is 1. The van der Waals surface area contributed by atoms with Crippen LogP contribution in [-0.4, -0.2) is 29.9 Å². The van der Waals surface area contributed by atoms with Gasteiger partial charge in [-0.3, -0.25) is 0 Å². The molecule has 0 N–H and O–H groups in total. The van der Waals surface area contributed by atoms with Gasteiger partial charge in [0.05, 0.1) is 28.8 Å². The van der Waals surface area contributed by atoms with Gasteiger partial charge < -0.3 is 14.2 Å². The third kappa shape index (κ3) is 3.77. The SMILES string of the molecule is CCOC(=O)COc1ccccc1C1Oc2ccccc2C2CC(c3cccs3)=NN21. The molecule has 2 aliphatic heterocycles. The Bertz CT molecular complexity index is 1110. The van der Waals surface area contributed by atoms with E-state index in [0.717, 1.165) is 33.9 Å². The van der Waals surface area contributed by atoms with Crippen molar-refractivity contribution in [1.29, 1.82) is 0 Å². The van der Waals surface area contributed by atoms with E-state index in [1.807, 2.05) is 53.5 Å². The number of fused-ring (bicyclic) bond motifs is 3. The van der Waals surface area contributed by atoms with Crippen LogP contribution in [0.15, 0.2) is 71.1 Å². The maximum Gasteiger partial charge on any atom is 0.344 e. The zero-order valence-electron chi connectivity index (χ0n) is 17.1. The topological polar surface area (TPSA) is 60.4 Å². The molecule has 0 fully saturated rings. The van der Waals surface area contributed by atoms with E-state index in [-0.39, 0.29) is 12.6 Å². The van der Waals surface area contributed by atoms with Crippen molar-refractivity contribution in [2.24, 2.45) is 5.10 Å². The van der Waals surface area contributed by atoms with Crippen LogP contribution in [0.1, 0.15) is 41.6 Å². The van der Waals surface area contributed by atoms with Gasteiger partial charge in [0.25, 0.3) is 0 Å². The van der Waals surface area contributed by atoms with E-state index in [9.17, 15) is 4.79 Å². The molecule has 0 saturated carbocycles. The van der Waals surface area contributed by atoms with Gasteiger partial charge in [0.2, 0.25) is 6.23 Å². The van der Waals surface area contributed by atoms with Gasteiger partial charge in [-0.2, -0.15) is 5.10 Å². The van der Waals surface area contributed by atoms with Gasteiger partial charge in [-0.05, 0) is 36.6 Å². The lowest BCUT2D eigenvalue weighted by molar-refractivity contribution is -0.145. The van der Waals surface area contributed by atoms with Crippen molar-refractivity contribution in [3.8, 4) is 11.5 Å². The van der Waals surface area contributed by atoms with E-state index in [2.05, 4.69) is 17.5 Å². The second kappa shape index (κ2) is 8.43. The lowest BCUT2D eigenvalue weighted by atomic mass is 9.97. The molecule has 158 valence electrons. The quantitative estimate of drug-likeness (QED) is 0.515. The molecule has 0 spiro atoms. The summed E-state index contributed by atoms with van der Waals surface area (Å²) in [5.74, 6) is 1.03. The fourth-order valence-electron chi connectivity index (χ4n) is 3.99. The minimum atomic E-state index is -0.462. The van der Waals surface area contributed by atoms with Crippen molar-refractivity contribution >= 4 is 23.0 Å². The number of rotatable bonds is 6. The van der Waals surface area contributed by atoms with Gasteiger partial charge in [0.15, 0.2) is 6.61 Å². The smallest absolute Gasteiger partial charge is 0.344 e. The summed E-state index contributed by atoms with van der Waals surface area (Å²) in [5.41, 5.74) is 3.00. The van der Waals surface area contributed by atoms with Gasteiger partial charge in [0, 0.05) is 12.0 Å². The molecule has 7 heteroatoms. The molecule has 1 aromatic heterocycles. The Morgan fingerprint density at radius 3 is 2.74 bits per heavy atom. The Morgan fingerprint density at radius 2 is 1.94 bits per heavy atom. The summed E-state index contributed by atoms with van der Waals surface area (Å²) in [6.07, 6.45) is 0.347. The van der Waals surface area contributed by atoms with E-state index in [1.54, 1.807) is 18.3 Å². The highest BCUT2D eigenvalue weighted by Crippen LogP contribution is 2.48. The standard InChI is InChI=1S/C24H22N2O4S/c1-2-28-23(27)15-29-20-10-5-4-9-17(20)24-26-19(16-8-3-6-11-21(16)30-24)14-18(25-26)22-12-7-13-31-22/h3-13,19,24H,2,14-15H2,1H3. The third-order valence-corrected chi connectivity index (χ3v) is 6.26. The van der Waals surface area contributed by atoms with Crippen molar-refractivity contribution in [2.75, 3.05) is 13.2 Å². The number of nitrogens with zero attached hydrogens (tertiary/aromatic N) is 2. The van der Waals surface area contributed by atoms with Crippen molar-refractivity contribution < 1.29 is 19.0 Å². The first-order chi connectivity index (χ1) is 15.2. The molecule has 31 heavy (non-hydrogen) atoms. The van der Waals surface area contributed by atoms with Crippen LogP contribution in [0.25, 0.3) is 0 Å². The second-order valence-electron chi connectivity index (χ2n) is 7.26. The number of benzene rings is 2. The Balaban J connectivity index is 1.51. The summed E-state index contributed by atoms with van der Waals surface area (Å²) in [6, 6.07) is 19.9. The summed E-state index contributed by atoms with van der Waals surface area (Å²) in [5, 5.41) is 9.05. The fraction of sp³-hybridized carbons (Fsp3) is 0.250. The number of hydrogen-bond donors (Lipinski definition) is 0. The van der Waals surface area contributed by atoms with Crippen LogP contribution >= 0.6 is 11.3 Å². The van der Waals surface area contributed by atoms with E-state index in [1.165, 1.54) is 0 Å². The first-order valence-electron chi connectivity index (χ1n) is 10.3. The molecule has 2 unspecified atom stereocenters. The van der Waals surface area contributed by atoms with Crippen molar-refractivity contribution in [1.82, 2.24) is 5.01 Å². The average molecular weight is 435 g/mol. The zero-order valence-corrected chi connectivity index (χ0v) is 17.9. The number of carbonyl (C=O) groups is 1. The van der Waals surface area contributed by atoms with Gasteiger partial charge >= 0.3 is 5.97 Å². The highest BCUT2D eigenvalue weighted by Gasteiger charge is 2.42. The molecule has 0 saturated heterocycles. The molecule has 3 aromatic rings. The van der Waals surface area contributed by atoms with Crippen LogP contribution in [0.4, 0.5) is 0 Å². The number of thiophene rings is 1. The molecular weight excluding hydrogens is 412 g/mol. The molecule has 3 heterocycles. The predicted octanol–water partition coefficient (Wildman–Crippen LogP) is 4.93. The van der Waals surface area contributed by atoms with Gasteiger partial charge in [-0.1, -0.05) is 36.4 Å². The summed E-state index contributed by atoms with van der Waals surface area (Å²) in [7, 11) is 0. The van der Waals surface area contributed by atoms with Crippen LogP contribution in [0.5, 0.6) is 11.5 Å². The van der Waals surface area contributed by atoms with E-state index >= 15 is 0 Å². The summed E-state index contributed by atoms with van der Waals surface area (Å²) in [6.45, 7) is 1.94. The molecule has 0 aliphatic carbocycles. The second-order valence-corrected chi connectivity index (χ2v) is 8.21. The van der Waals surface area contributed by atoms with Crippen LogP contribution in [0.2, 0.25) is 0 Å². The Hall–Kier alpha value is -3.32. The Kier molecular flexibility index (Phi) is 5.34. The molecule has 2 aromatic carbocycles. The summed E-state index contributed by atoms with van der Waals surface area (Å²) in [4.78, 5) is 13.0. The van der Waals surface area contributed by atoms with Gasteiger partial charge in [-0.25, -0.2) is 9.80 Å². The van der Waals surface area contributed by atoms with Crippen LogP contribution in [0.3, 0.4) is 0 Å².